The largest absolute Gasteiger partial charge is 0.440 e. The van der Waals surface area contributed by atoms with Crippen molar-refractivity contribution in [1.82, 2.24) is 24.6 Å². The second-order valence-electron chi connectivity index (χ2n) is 8.82. The second kappa shape index (κ2) is 9.16. The fourth-order valence-electron chi connectivity index (χ4n) is 4.87. The molecule has 3 aromatic rings. The lowest BCUT2D eigenvalue weighted by molar-refractivity contribution is -0.140. The van der Waals surface area contributed by atoms with Crippen LogP contribution >= 0.6 is 24.2 Å². The highest BCUT2D eigenvalue weighted by Crippen LogP contribution is 2.59. The number of hydrogen-bond donors (Lipinski definition) is 0. The monoisotopic (exact) mass is 517 g/mol. The number of oxazole rings is 1. The summed E-state index contributed by atoms with van der Waals surface area (Å²) in [5.74, 6) is 1.30. The van der Waals surface area contributed by atoms with Crippen LogP contribution in [0.3, 0.4) is 0 Å². The van der Waals surface area contributed by atoms with Crippen molar-refractivity contribution in [2.45, 2.75) is 36.5 Å². The molecule has 0 bridgehead atoms. The summed E-state index contributed by atoms with van der Waals surface area (Å²) in [5.41, 5.74) is 0.0452. The number of fused-ring (bicyclic) bond motifs is 1. The molecule has 184 valence electrons. The van der Waals surface area contributed by atoms with Crippen molar-refractivity contribution in [3.63, 3.8) is 0 Å². The predicted molar refractivity (Wildman–Crippen MR) is 121 cm³/mol. The zero-order valence-corrected chi connectivity index (χ0v) is 20.2. The number of halogens is 5. The Balaban J connectivity index is 0.00000274. The number of aromatic nitrogens is 4. The molecule has 34 heavy (non-hydrogen) atoms. The lowest BCUT2D eigenvalue weighted by atomic mass is 9.93. The van der Waals surface area contributed by atoms with E-state index in [-0.39, 0.29) is 17.8 Å². The number of hydrogen-bond acceptors (Lipinski definition) is 6. The Bertz CT molecular complexity index is 1180. The lowest BCUT2D eigenvalue weighted by Crippen LogP contribution is -2.28. The molecule has 0 radical (unpaired) electrons. The minimum atomic E-state index is -4.67. The quantitative estimate of drug-likeness (QED) is 0.246. The first-order chi connectivity index (χ1) is 15.7. The van der Waals surface area contributed by atoms with Crippen LogP contribution in [-0.4, -0.2) is 50.0 Å². The van der Waals surface area contributed by atoms with Gasteiger partial charge in [-0.3, -0.25) is 0 Å². The fraction of sp³-hybridized carbons (Fsp3) is 0.500. The average Bonchev–Trinajstić information content (AvgIpc) is 3.05. The minimum Gasteiger partial charge on any atom is -0.440 e. The average molecular weight is 518 g/mol. The van der Waals surface area contributed by atoms with Gasteiger partial charge in [0.2, 0.25) is 5.82 Å². The molecule has 2 unspecified atom stereocenters. The van der Waals surface area contributed by atoms with Crippen LogP contribution in [0.25, 0.3) is 11.6 Å². The Kier molecular flexibility index (Phi) is 6.73. The van der Waals surface area contributed by atoms with Crippen molar-refractivity contribution < 1.29 is 22.0 Å². The molecule has 2 aliphatic rings. The molecule has 3 heterocycles. The second-order valence-corrected chi connectivity index (χ2v) is 9.88. The summed E-state index contributed by atoms with van der Waals surface area (Å²) >= 11 is 1.61. The fourth-order valence-corrected chi connectivity index (χ4v) is 5.70. The van der Waals surface area contributed by atoms with E-state index in [1.807, 2.05) is 18.5 Å². The van der Waals surface area contributed by atoms with E-state index >= 15 is 0 Å². The van der Waals surface area contributed by atoms with Crippen LogP contribution in [0, 0.1) is 18.7 Å². The van der Waals surface area contributed by atoms with E-state index in [0.29, 0.717) is 23.1 Å². The molecule has 1 saturated heterocycles. The number of benzene rings is 1. The first-order valence-electron chi connectivity index (χ1n) is 10.7. The zero-order chi connectivity index (χ0) is 23.4. The number of aryl methyl sites for hydroxylation is 1. The molecule has 1 saturated carbocycles. The summed E-state index contributed by atoms with van der Waals surface area (Å²) in [6.07, 6.45) is -1.44. The molecule has 0 spiro atoms. The SMILES string of the molecule is Cc1ncoc1-c1nnc(SCCCN2CC3CC3(c3ccc(C(F)(F)F)c(F)c3)C2)n1C.Cl. The summed E-state index contributed by atoms with van der Waals surface area (Å²) in [5, 5.41) is 9.25. The van der Waals surface area contributed by atoms with Crippen LogP contribution in [0.5, 0.6) is 0 Å². The number of likely N-dealkylation sites (tertiary alicyclic amines) is 1. The van der Waals surface area contributed by atoms with Gasteiger partial charge in [0.1, 0.15) is 5.82 Å². The Morgan fingerprint density at radius 3 is 2.74 bits per heavy atom. The smallest absolute Gasteiger partial charge is 0.419 e. The number of thioether (sulfide) groups is 1. The molecule has 5 rings (SSSR count). The molecule has 1 aliphatic carbocycles. The van der Waals surface area contributed by atoms with Crippen molar-refractivity contribution in [3.05, 3.63) is 47.2 Å². The maximum Gasteiger partial charge on any atom is 0.419 e. The van der Waals surface area contributed by atoms with Gasteiger partial charge in [-0.1, -0.05) is 17.8 Å². The molecule has 2 atom stereocenters. The number of alkyl halides is 3. The third-order valence-corrected chi connectivity index (χ3v) is 7.81. The molecule has 0 amide bonds. The summed E-state index contributed by atoms with van der Waals surface area (Å²) in [6, 6.07) is 3.42. The zero-order valence-electron chi connectivity index (χ0n) is 18.6. The van der Waals surface area contributed by atoms with Gasteiger partial charge in [0.15, 0.2) is 17.3 Å². The molecular weight excluding hydrogens is 494 g/mol. The molecule has 2 aromatic heterocycles. The number of rotatable bonds is 7. The van der Waals surface area contributed by atoms with Gasteiger partial charge in [0.05, 0.1) is 11.3 Å². The summed E-state index contributed by atoms with van der Waals surface area (Å²) in [6.45, 7) is 4.38. The van der Waals surface area contributed by atoms with Gasteiger partial charge in [0, 0.05) is 31.3 Å². The van der Waals surface area contributed by atoms with Gasteiger partial charge in [-0.2, -0.15) is 13.2 Å². The normalized spacial score (nSPS) is 22.0. The molecule has 1 aromatic carbocycles. The van der Waals surface area contributed by atoms with E-state index in [4.69, 9.17) is 4.42 Å². The molecule has 2 fully saturated rings. The van der Waals surface area contributed by atoms with E-state index in [9.17, 15) is 17.6 Å². The standard InChI is InChI=1S/C22H23F4N5OS.ClH/c1-13-18(32-12-27-13)19-28-29-20(30(19)2)33-7-3-6-31-10-15-9-21(15,11-31)14-4-5-16(17(23)8-14)22(24,25)26;/h4-5,8,12,15H,3,6-7,9-11H2,1-2H3;1H. The highest BCUT2D eigenvalue weighted by atomic mass is 35.5. The Morgan fingerprint density at radius 1 is 1.26 bits per heavy atom. The Labute approximate surface area is 204 Å². The van der Waals surface area contributed by atoms with Gasteiger partial charge in [0.25, 0.3) is 0 Å². The summed E-state index contributed by atoms with van der Waals surface area (Å²) < 4.78 is 60.0. The number of nitrogens with zero attached hydrogens (tertiary/aromatic N) is 5. The molecule has 12 heteroatoms. The van der Waals surface area contributed by atoms with Gasteiger partial charge in [-0.15, -0.1) is 22.6 Å². The van der Waals surface area contributed by atoms with E-state index in [1.54, 1.807) is 11.8 Å². The first-order valence-corrected chi connectivity index (χ1v) is 11.7. The Morgan fingerprint density at radius 2 is 2.06 bits per heavy atom. The third kappa shape index (κ3) is 4.45. The highest BCUT2D eigenvalue weighted by Gasteiger charge is 2.60. The van der Waals surface area contributed by atoms with Crippen LogP contribution in [-0.2, 0) is 18.6 Å². The van der Waals surface area contributed by atoms with Gasteiger partial charge >= 0.3 is 6.18 Å². The van der Waals surface area contributed by atoms with Gasteiger partial charge < -0.3 is 13.9 Å². The topological polar surface area (TPSA) is 60.0 Å². The van der Waals surface area contributed by atoms with Gasteiger partial charge in [-0.25, -0.2) is 9.37 Å². The Hall–Kier alpha value is -2.11. The highest BCUT2D eigenvalue weighted by molar-refractivity contribution is 7.99. The van der Waals surface area contributed by atoms with E-state index < -0.39 is 17.6 Å². The van der Waals surface area contributed by atoms with E-state index in [0.717, 1.165) is 61.2 Å². The summed E-state index contributed by atoms with van der Waals surface area (Å²) in [4.78, 5) is 6.41. The van der Waals surface area contributed by atoms with Crippen molar-refractivity contribution >= 4 is 24.2 Å². The van der Waals surface area contributed by atoms with Crippen LogP contribution < -0.4 is 0 Å². The molecule has 1 aliphatic heterocycles. The minimum absolute atomic E-state index is 0. The molecule has 6 nitrogen and oxygen atoms in total. The van der Waals surface area contributed by atoms with Crippen molar-refractivity contribution in [2.75, 3.05) is 25.4 Å². The predicted octanol–water partition coefficient (Wildman–Crippen LogP) is 5.11. The maximum absolute atomic E-state index is 14.1. The van der Waals surface area contributed by atoms with E-state index in [1.165, 1.54) is 12.5 Å². The maximum atomic E-state index is 14.1. The van der Waals surface area contributed by atoms with Crippen molar-refractivity contribution in [1.29, 1.82) is 0 Å². The third-order valence-electron chi connectivity index (χ3n) is 6.70. The lowest BCUT2D eigenvalue weighted by Gasteiger charge is -2.21. The van der Waals surface area contributed by atoms with Crippen LogP contribution in [0.2, 0.25) is 0 Å². The first kappa shape index (κ1) is 25.0. The summed E-state index contributed by atoms with van der Waals surface area (Å²) in [7, 11) is 1.89. The van der Waals surface area contributed by atoms with E-state index in [2.05, 4.69) is 20.1 Å². The number of piperidine rings is 1. The van der Waals surface area contributed by atoms with Crippen molar-refractivity contribution in [3.8, 4) is 11.6 Å². The van der Waals surface area contributed by atoms with Crippen LogP contribution in [0.1, 0.15) is 29.7 Å². The van der Waals surface area contributed by atoms with Crippen molar-refractivity contribution in [2.24, 2.45) is 13.0 Å². The molecule has 0 N–H and O–H groups in total. The van der Waals surface area contributed by atoms with Gasteiger partial charge in [-0.05, 0) is 49.9 Å². The molecular formula is C22H24ClF4N5OS. The van der Waals surface area contributed by atoms with Crippen LogP contribution in [0.4, 0.5) is 17.6 Å². The van der Waals surface area contributed by atoms with Crippen LogP contribution in [0.15, 0.2) is 34.2 Å².